The van der Waals surface area contributed by atoms with Gasteiger partial charge in [-0.2, -0.15) is 5.10 Å². The summed E-state index contributed by atoms with van der Waals surface area (Å²) in [5, 5.41) is 4.29. The van der Waals surface area contributed by atoms with Crippen LogP contribution in [0, 0.1) is 6.92 Å². The van der Waals surface area contributed by atoms with Crippen molar-refractivity contribution < 1.29 is 0 Å². The normalized spacial score (nSPS) is 11.8. The first-order valence-corrected chi connectivity index (χ1v) is 5.32. The first-order chi connectivity index (χ1) is 7.47. The van der Waals surface area contributed by atoms with Gasteiger partial charge in [-0.15, -0.1) is 0 Å². The maximum absolute atomic E-state index is 4.41. The molecule has 0 aliphatic heterocycles. The zero-order chi connectivity index (χ0) is 11.8. The van der Waals surface area contributed by atoms with Gasteiger partial charge in [-0.05, 0) is 13.0 Å². The highest BCUT2D eigenvalue weighted by molar-refractivity contribution is 5.20. The first-order valence-electron chi connectivity index (χ1n) is 5.32. The molecule has 16 heavy (non-hydrogen) atoms. The average Bonchev–Trinajstić information content (AvgIpc) is 2.64. The summed E-state index contributed by atoms with van der Waals surface area (Å²) < 4.78 is 1.73. The first kappa shape index (κ1) is 10.8. The van der Waals surface area contributed by atoms with Gasteiger partial charge in [0.2, 0.25) is 0 Å². The molecule has 0 bridgehead atoms. The van der Waals surface area contributed by atoms with E-state index >= 15 is 0 Å². The molecule has 2 aromatic heterocycles. The summed E-state index contributed by atoms with van der Waals surface area (Å²) in [6, 6.07) is 1.94. The van der Waals surface area contributed by atoms with E-state index in [0.29, 0.717) is 0 Å². The molecule has 0 radical (unpaired) electrons. The molecular weight excluding hydrogens is 200 g/mol. The van der Waals surface area contributed by atoms with E-state index in [9.17, 15) is 0 Å². The van der Waals surface area contributed by atoms with Crippen molar-refractivity contribution in [3.63, 3.8) is 0 Å². The fraction of sp³-hybridized carbons (Fsp3) is 0.417. The van der Waals surface area contributed by atoms with E-state index < -0.39 is 0 Å². The zero-order valence-electron chi connectivity index (χ0n) is 10.1. The van der Waals surface area contributed by atoms with Crippen molar-refractivity contribution in [2.75, 3.05) is 0 Å². The average molecular weight is 216 g/mol. The summed E-state index contributed by atoms with van der Waals surface area (Å²) in [6.45, 7) is 8.31. The quantitative estimate of drug-likeness (QED) is 0.734. The Morgan fingerprint density at radius 3 is 2.31 bits per heavy atom. The van der Waals surface area contributed by atoms with Gasteiger partial charge in [0, 0.05) is 11.6 Å². The minimum Gasteiger partial charge on any atom is -0.255 e. The molecule has 0 spiro atoms. The molecule has 0 unspecified atom stereocenters. The van der Waals surface area contributed by atoms with Crippen molar-refractivity contribution in [3.8, 4) is 5.82 Å². The van der Waals surface area contributed by atoms with Crippen molar-refractivity contribution in [2.45, 2.75) is 33.1 Å². The smallest absolute Gasteiger partial charge is 0.171 e. The maximum Gasteiger partial charge on any atom is 0.171 e. The molecule has 2 aromatic rings. The SMILES string of the molecule is Cc1ccn(-c2cnc(C(C)(C)C)cn2)n1. The van der Waals surface area contributed by atoms with E-state index in [-0.39, 0.29) is 5.41 Å². The van der Waals surface area contributed by atoms with Crippen molar-refractivity contribution in [1.29, 1.82) is 0 Å². The van der Waals surface area contributed by atoms with Crippen LogP contribution in [0.1, 0.15) is 32.2 Å². The fourth-order valence-corrected chi connectivity index (χ4v) is 1.37. The Morgan fingerprint density at radius 1 is 1.12 bits per heavy atom. The topological polar surface area (TPSA) is 43.6 Å². The number of nitrogens with zero attached hydrogens (tertiary/aromatic N) is 4. The Labute approximate surface area is 95.4 Å². The molecule has 0 amide bonds. The zero-order valence-corrected chi connectivity index (χ0v) is 10.1. The molecule has 0 aliphatic rings. The summed E-state index contributed by atoms with van der Waals surface area (Å²) in [5.41, 5.74) is 1.99. The number of aryl methyl sites for hydroxylation is 1. The van der Waals surface area contributed by atoms with Crippen molar-refractivity contribution >= 4 is 0 Å². The van der Waals surface area contributed by atoms with Gasteiger partial charge >= 0.3 is 0 Å². The third kappa shape index (κ3) is 2.10. The van der Waals surface area contributed by atoms with Gasteiger partial charge < -0.3 is 0 Å². The van der Waals surface area contributed by atoms with Crippen LogP contribution in [0.2, 0.25) is 0 Å². The van der Waals surface area contributed by atoms with Crippen molar-refractivity contribution in [3.05, 3.63) is 36.0 Å². The number of hydrogen-bond acceptors (Lipinski definition) is 3. The molecular formula is C12H16N4. The summed E-state index contributed by atoms with van der Waals surface area (Å²) in [5.74, 6) is 0.751. The summed E-state index contributed by atoms with van der Waals surface area (Å²) in [4.78, 5) is 8.78. The Kier molecular flexibility index (Phi) is 2.50. The molecule has 2 heterocycles. The van der Waals surface area contributed by atoms with Gasteiger partial charge in [0.25, 0.3) is 0 Å². The van der Waals surface area contributed by atoms with Crippen molar-refractivity contribution in [1.82, 2.24) is 19.7 Å². The van der Waals surface area contributed by atoms with Crippen LogP contribution in [-0.2, 0) is 5.41 Å². The molecule has 0 aliphatic carbocycles. The van der Waals surface area contributed by atoms with E-state index in [2.05, 4.69) is 35.8 Å². The Morgan fingerprint density at radius 2 is 1.88 bits per heavy atom. The fourth-order valence-electron chi connectivity index (χ4n) is 1.37. The van der Waals surface area contributed by atoms with Gasteiger partial charge in [0.1, 0.15) is 0 Å². The van der Waals surface area contributed by atoms with E-state index in [0.717, 1.165) is 17.2 Å². The van der Waals surface area contributed by atoms with Gasteiger partial charge in [-0.3, -0.25) is 4.98 Å². The van der Waals surface area contributed by atoms with Gasteiger partial charge in [-0.1, -0.05) is 20.8 Å². The summed E-state index contributed by atoms with van der Waals surface area (Å²) in [6.07, 6.45) is 5.45. The van der Waals surface area contributed by atoms with E-state index in [1.54, 1.807) is 10.9 Å². The van der Waals surface area contributed by atoms with Crippen LogP contribution in [0.4, 0.5) is 0 Å². The molecule has 0 N–H and O–H groups in total. The lowest BCUT2D eigenvalue weighted by Crippen LogP contribution is -2.14. The molecule has 84 valence electrons. The molecule has 0 atom stereocenters. The minimum absolute atomic E-state index is 0.0333. The van der Waals surface area contributed by atoms with Crippen LogP contribution >= 0.6 is 0 Å². The lowest BCUT2D eigenvalue weighted by molar-refractivity contribution is 0.564. The van der Waals surface area contributed by atoms with E-state index in [1.165, 1.54) is 0 Å². The molecule has 0 aromatic carbocycles. The van der Waals surface area contributed by atoms with E-state index in [1.807, 2.05) is 25.4 Å². The van der Waals surface area contributed by atoms with Crippen LogP contribution in [-0.4, -0.2) is 19.7 Å². The van der Waals surface area contributed by atoms with Crippen LogP contribution < -0.4 is 0 Å². The predicted molar refractivity (Wildman–Crippen MR) is 62.6 cm³/mol. The molecule has 4 nitrogen and oxygen atoms in total. The largest absolute Gasteiger partial charge is 0.255 e. The number of rotatable bonds is 1. The molecule has 4 heteroatoms. The Balaban J connectivity index is 2.33. The second kappa shape index (κ2) is 3.70. The third-order valence-corrected chi connectivity index (χ3v) is 2.36. The number of aromatic nitrogens is 4. The highest BCUT2D eigenvalue weighted by Crippen LogP contribution is 2.18. The lowest BCUT2D eigenvalue weighted by Gasteiger charge is -2.16. The van der Waals surface area contributed by atoms with Crippen LogP contribution in [0.15, 0.2) is 24.7 Å². The lowest BCUT2D eigenvalue weighted by atomic mass is 9.93. The van der Waals surface area contributed by atoms with Gasteiger partial charge in [0.15, 0.2) is 5.82 Å². The second-order valence-corrected chi connectivity index (χ2v) is 4.91. The molecule has 0 fully saturated rings. The molecule has 0 saturated carbocycles. The highest BCUT2D eigenvalue weighted by atomic mass is 15.3. The third-order valence-electron chi connectivity index (χ3n) is 2.36. The van der Waals surface area contributed by atoms with Crippen molar-refractivity contribution in [2.24, 2.45) is 0 Å². The van der Waals surface area contributed by atoms with Crippen LogP contribution in [0.3, 0.4) is 0 Å². The van der Waals surface area contributed by atoms with Crippen LogP contribution in [0.25, 0.3) is 5.82 Å². The second-order valence-electron chi connectivity index (χ2n) is 4.91. The minimum atomic E-state index is 0.0333. The standard InChI is InChI=1S/C12H16N4/c1-9-5-6-16(15-9)11-8-13-10(7-14-11)12(2,3)4/h5-8H,1-4H3. The number of hydrogen-bond donors (Lipinski definition) is 0. The maximum atomic E-state index is 4.41. The Hall–Kier alpha value is -1.71. The molecule has 0 saturated heterocycles. The molecule has 2 rings (SSSR count). The van der Waals surface area contributed by atoms with Crippen LogP contribution in [0.5, 0.6) is 0 Å². The highest BCUT2D eigenvalue weighted by Gasteiger charge is 2.15. The van der Waals surface area contributed by atoms with E-state index in [4.69, 9.17) is 0 Å². The predicted octanol–water partition coefficient (Wildman–Crippen LogP) is 2.27. The monoisotopic (exact) mass is 216 g/mol. The summed E-state index contributed by atoms with van der Waals surface area (Å²) in [7, 11) is 0. The summed E-state index contributed by atoms with van der Waals surface area (Å²) >= 11 is 0. The van der Waals surface area contributed by atoms with Gasteiger partial charge in [-0.25, -0.2) is 9.67 Å². The van der Waals surface area contributed by atoms with Gasteiger partial charge in [0.05, 0.1) is 23.8 Å². The Bertz CT molecular complexity index is 476.